The number of aliphatic hydroxyl groups excluding tert-OH is 1. The Morgan fingerprint density at radius 1 is 1.06 bits per heavy atom. The first-order chi connectivity index (χ1) is 7.29. The third-order valence-electron chi connectivity index (χ3n) is 1.75. The molecule has 1 rings (SSSR count). The summed E-state index contributed by atoms with van der Waals surface area (Å²) < 4.78 is 39.4. The first-order valence-electron chi connectivity index (χ1n) is 3.71. The largest absolute Gasteiger partial charge is 0.479 e. The number of aliphatic hydroxyl groups is 1. The highest BCUT2D eigenvalue weighted by Gasteiger charge is 2.30. The maximum Gasteiger partial charge on any atom is 0.337 e. The van der Waals surface area contributed by atoms with Crippen LogP contribution in [0.2, 0.25) is 10.0 Å². The zero-order valence-electron chi connectivity index (χ0n) is 7.27. The van der Waals surface area contributed by atoms with Crippen molar-refractivity contribution in [1.82, 2.24) is 0 Å². The fourth-order valence-corrected chi connectivity index (χ4v) is 1.43. The lowest BCUT2D eigenvalue weighted by atomic mass is 10.1. The van der Waals surface area contributed by atoms with E-state index >= 15 is 0 Å². The average molecular weight is 275 g/mol. The van der Waals surface area contributed by atoms with E-state index in [2.05, 4.69) is 0 Å². The molecule has 16 heavy (non-hydrogen) atoms. The number of hydrogen-bond acceptors (Lipinski definition) is 2. The number of carbonyl (C=O) groups is 1. The number of benzene rings is 1. The van der Waals surface area contributed by atoms with Gasteiger partial charge in [0, 0.05) is 0 Å². The summed E-state index contributed by atoms with van der Waals surface area (Å²) in [6, 6.07) is 0. The minimum atomic E-state index is -2.52. The van der Waals surface area contributed by atoms with Crippen LogP contribution in [0.15, 0.2) is 0 Å². The number of carboxylic acids is 1. The smallest absolute Gasteiger partial charge is 0.337 e. The Morgan fingerprint density at radius 2 is 1.44 bits per heavy atom. The highest BCUT2D eigenvalue weighted by Crippen LogP contribution is 2.34. The normalized spacial score (nSPS) is 12.6. The predicted octanol–water partition coefficient (Wildman–Crippen LogP) is 2.53. The van der Waals surface area contributed by atoms with Crippen molar-refractivity contribution in [3.8, 4) is 0 Å². The van der Waals surface area contributed by atoms with E-state index in [1.165, 1.54) is 0 Å². The van der Waals surface area contributed by atoms with Gasteiger partial charge in [-0.25, -0.2) is 18.0 Å². The SMILES string of the molecule is O=C(O)C(O)c1c(F)c(Cl)c(F)c(Cl)c1F. The number of carboxylic acid groups (broad SMARTS) is 1. The monoisotopic (exact) mass is 274 g/mol. The molecule has 0 saturated carbocycles. The third kappa shape index (κ3) is 1.95. The minimum absolute atomic E-state index is 1.18. The molecule has 1 unspecified atom stereocenters. The van der Waals surface area contributed by atoms with Crippen molar-refractivity contribution in [3.63, 3.8) is 0 Å². The van der Waals surface area contributed by atoms with Gasteiger partial charge in [0.2, 0.25) is 0 Å². The van der Waals surface area contributed by atoms with Gasteiger partial charge in [-0.05, 0) is 0 Å². The van der Waals surface area contributed by atoms with Crippen molar-refractivity contribution < 1.29 is 28.2 Å². The molecule has 1 aromatic rings. The Morgan fingerprint density at radius 3 is 1.75 bits per heavy atom. The van der Waals surface area contributed by atoms with Gasteiger partial charge in [0.15, 0.2) is 23.6 Å². The van der Waals surface area contributed by atoms with Crippen molar-refractivity contribution in [2.24, 2.45) is 0 Å². The van der Waals surface area contributed by atoms with Gasteiger partial charge in [0.25, 0.3) is 0 Å². The summed E-state index contributed by atoms with van der Waals surface area (Å²) in [7, 11) is 0. The van der Waals surface area contributed by atoms with Gasteiger partial charge in [-0.1, -0.05) is 23.2 Å². The van der Waals surface area contributed by atoms with Gasteiger partial charge in [0.1, 0.15) is 10.0 Å². The van der Waals surface area contributed by atoms with Crippen molar-refractivity contribution in [2.75, 3.05) is 0 Å². The third-order valence-corrected chi connectivity index (χ3v) is 2.41. The number of aliphatic carboxylic acids is 1. The predicted molar refractivity (Wildman–Crippen MR) is 48.9 cm³/mol. The van der Waals surface area contributed by atoms with Crippen LogP contribution in [0.5, 0.6) is 0 Å². The molecule has 0 saturated heterocycles. The summed E-state index contributed by atoms with van der Waals surface area (Å²) in [6.45, 7) is 0. The molecule has 0 fully saturated rings. The van der Waals surface area contributed by atoms with Gasteiger partial charge in [0.05, 0.1) is 5.56 Å². The molecule has 8 heteroatoms. The minimum Gasteiger partial charge on any atom is -0.479 e. The van der Waals surface area contributed by atoms with E-state index in [1.54, 1.807) is 0 Å². The van der Waals surface area contributed by atoms with E-state index in [1.807, 2.05) is 0 Å². The Balaban J connectivity index is 3.57. The second-order valence-electron chi connectivity index (χ2n) is 2.72. The van der Waals surface area contributed by atoms with E-state index < -0.39 is 45.1 Å². The molecular formula is C8H3Cl2F3O3. The molecule has 0 aliphatic heterocycles. The van der Waals surface area contributed by atoms with Crippen LogP contribution in [0.4, 0.5) is 13.2 Å². The summed E-state index contributed by atoms with van der Waals surface area (Å²) >= 11 is 10.2. The van der Waals surface area contributed by atoms with Gasteiger partial charge in [-0.3, -0.25) is 0 Å². The summed E-state index contributed by atoms with van der Waals surface area (Å²) in [5, 5.41) is 15.0. The second kappa shape index (κ2) is 4.48. The summed E-state index contributed by atoms with van der Waals surface area (Å²) in [6.07, 6.45) is -2.52. The van der Waals surface area contributed by atoms with Crippen LogP contribution in [0.1, 0.15) is 11.7 Å². The lowest BCUT2D eigenvalue weighted by molar-refractivity contribution is -0.147. The first-order valence-corrected chi connectivity index (χ1v) is 4.46. The van der Waals surface area contributed by atoms with Crippen LogP contribution in [0.25, 0.3) is 0 Å². The molecule has 2 N–H and O–H groups in total. The molecule has 1 aromatic carbocycles. The summed E-state index contributed by atoms with van der Waals surface area (Å²) in [5.74, 6) is -6.87. The zero-order valence-corrected chi connectivity index (χ0v) is 8.78. The highest BCUT2D eigenvalue weighted by atomic mass is 35.5. The lowest BCUT2D eigenvalue weighted by Gasteiger charge is -2.11. The summed E-state index contributed by atoms with van der Waals surface area (Å²) in [5.41, 5.74) is -1.30. The van der Waals surface area contributed by atoms with E-state index in [0.29, 0.717) is 0 Å². The fourth-order valence-electron chi connectivity index (χ4n) is 0.985. The van der Waals surface area contributed by atoms with Gasteiger partial charge < -0.3 is 10.2 Å². The molecule has 88 valence electrons. The second-order valence-corrected chi connectivity index (χ2v) is 3.48. The molecule has 3 nitrogen and oxygen atoms in total. The molecule has 0 spiro atoms. The van der Waals surface area contributed by atoms with Crippen LogP contribution in [-0.4, -0.2) is 16.2 Å². The van der Waals surface area contributed by atoms with Crippen molar-refractivity contribution in [3.05, 3.63) is 33.1 Å². The Kier molecular flexibility index (Phi) is 3.67. The first kappa shape index (κ1) is 13.1. The molecule has 0 bridgehead atoms. The van der Waals surface area contributed by atoms with Crippen LogP contribution >= 0.6 is 23.2 Å². The van der Waals surface area contributed by atoms with Crippen LogP contribution < -0.4 is 0 Å². The number of halogens is 5. The zero-order chi connectivity index (χ0) is 12.6. The highest BCUT2D eigenvalue weighted by molar-refractivity contribution is 6.35. The molecule has 0 amide bonds. The van der Waals surface area contributed by atoms with Gasteiger partial charge in [-0.15, -0.1) is 0 Å². The molecule has 0 radical (unpaired) electrons. The van der Waals surface area contributed by atoms with E-state index in [9.17, 15) is 18.0 Å². The lowest BCUT2D eigenvalue weighted by Crippen LogP contribution is -2.15. The van der Waals surface area contributed by atoms with Gasteiger partial charge >= 0.3 is 5.97 Å². The molecule has 0 aromatic heterocycles. The quantitative estimate of drug-likeness (QED) is 0.644. The molecule has 0 aliphatic rings. The van der Waals surface area contributed by atoms with E-state index in [4.69, 9.17) is 33.4 Å². The molecule has 1 atom stereocenters. The van der Waals surface area contributed by atoms with Crippen molar-refractivity contribution >= 4 is 29.2 Å². The van der Waals surface area contributed by atoms with Crippen molar-refractivity contribution in [1.29, 1.82) is 0 Å². The van der Waals surface area contributed by atoms with Crippen LogP contribution in [0, 0.1) is 17.5 Å². The Bertz CT molecular complexity index is 435. The standard InChI is InChI=1S/C8H3Cl2F3O3/c9-2-4(11)1(7(14)8(15)16)5(12)3(10)6(2)13/h7,14H,(H,15,16). The number of rotatable bonds is 2. The van der Waals surface area contributed by atoms with Crippen LogP contribution in [-0.2, 0) is 4.79 Å². The topological polar surface area (TPSA) is 57.5 Å². The Hall–Kier alpha value is -0.980. The molecule has 0 aliphatic carbocycles. The molecular weight excluding hydrogens is 272 g/mol. The summed E-state index contributed by atoms with van der Waals surface area (Å²) in [4.78, 5) is 10.3. The van der Waals surface area contributed by atoms with E-state index in [0.717, 1.165) is 0 Å². The Labute approximate surface area is 97.0 Å². The average Bonchev–Trinajstić information content (AvgIpc) is 2.23. The van der Waals surface area contributed by atoms with Crippen LogP contribution in [0.3, 0.4) is 0 Å². The van der Waals surface area contributed by atoms with Crippen molar-refractivity contribution in [2.45, 2.75) is 6.10 Å². The van der Waals surface area contributed by atoms with Gasteiger partial charge in [-0.2, -0.15) is 0 Å². The maximum absolute atomic E-state index is 13.2. The van der Waals surface area contributed by atoms with E-state index in [-0.39, 0.29) is 0 Å². The fraction of sp³-hybridized carbons (Fsp3) is 0.125. The number of hydrogen-bond donors (Lipinski definition) is 2. The molecule has 0 heterocycles. The maximum atomic E-state index is 13.2.